The first kappa shape index (κ1) is 14.3. The molecular formula is C13H18O5. The van der Waals surface area contributed by atoms with Crippen molar-refractivity contribution < 1.29 is 24.1 Å². The number of rotatable bonds is 6. The zero-order valence-electron chi connectivity index (χ0n) is 10.8. The number of methoxy groups -OCH3 is 1. The molecule has 0 aromatic heterocycles. The molecule has 100 valence electrons. The Balaban J connectivity index is 2.73. The first-order valence-electron chi connectivity index (χ1n) is 5.73. The van der Waals surface area contributed by atoms with Crippen LogP contribution in [0, 0.1) is 0 Å². The molecule has 0 aliphatic rings. The van der Waals surface area contributed by atoms with E-state index in [4.69, 9.17) is 14.2 Å². The smallest absolute Gasteiger partial charge is 0.344 e. The summed E-state index contributed by atoms with van der Waals surface area (Å²) in [7, 11) is 1.50. The Morgan fingerprint density at radius 2 is 2.11 bits per heavy atom. The molecule has 5 heteroatoms. The van der Waals surface area contributed by atoms with Gasteiger partial charge in [0, 0.05) is 0 Å². The summed E-state index contributed by atoms with van der Waals surface area (Å²) in [5.74, 6) is 0.479. The summed E-state index contributed by atoms with van der Waals surface area (Å²) in [6, 6.07) is 5.04. The van der Waals surface area contributed by atoms with E-state index in [-0.39, 0.29) is 6.61 Å². The van der Waals surface area contributed by atoms with Crippen molar-refractivity contribution >= 4 is 5.97 Å². The van der Waals surface area contributed by atoms with E-state index in [2.05, 4.69) is 0 Å². The van der Waals surface area contributed by atoms with E-state index in [1.807, 2.05) is 0 Å². The number of ether oxygens (including phenoxy) is 3. The van der Waals surface area contributed by atoms with Crippen LogP contribution in [-0.2, 0) is 9.53 Å². The molecule has 0 aliphatic carbocycles. The van der Waals surface area contributed by atoms with Gasteiger partial charge in [0.1, 0.15) is 0 Å². The van der Waals surface area contributed by atoms with E-state index in [1.165, 1.54) is 7.11 Å². The number of hydrogen-bond donors (Lipinski definition) is 1. The summed E-state index contributed by atoms with van der Waals surface area (Å²) < 4.78 is 15.2. The molecule has 0 saturated carbocycles. The van der Waals surface area contributed by atoms with Crippen molar-refractivity contribution in [2.24, 2.45) is 0 Å². The fourth-order valence-electron chi connectivity index (χ4n) is 1.40. The Hall–Kier alpha value is -1.75. The predicted octanol–water partition coefficient (Wildman–Crippen LogP) is 1.69. The number of benzene rings is 1. The van der Waals surface area contributed by atoms with Gasteiger partial charge in [0.15, 0.2) is 18.1 Å². The molecule has 0 saturated heterocycles. The largest absolute Gasteiger partial charge is 0.493 e. The average molecular weight is 254 g/mol. The van der Waals surface area contributed by atoms with Crippen molar-refractivity contribution in [2.45, 2.75) is 20.0 Å². The van der Waals surface area contributed by atoms with Gasteiger partial charge in [-0.1, -0.05) is 6.07 Å². The second kappa shape index (κ2) is 6.86. The Kier molecular flexibility index (Phi) is 5.45. The monoisotopic (exact) mass is 254 g/mol. The molecule has 1 rings (SSSR count). The number of carbonyl (C=O) groups excluding carboxylic acids is 1. The molecule has 1 atom stereocenters. The lowest BCUT2D eigenvalue weighted by molar-refractivity contribution is -0.145. The van der Waals surface area contributed by atoms with Crippen LogP contribution in [0.2, 0.25) is 0 Å². The summed E-state index contributed by atoms with van der Waals surface area (Å²) in [6.45, 7) is 3.54. The van der Waals surface area contributed by atoms with E-state index < -0.39 is 12.1 Å². The quantitative estimate of drug-likeness (QED) is 0.782. The van der Waals surface area contributed by atoms with Crippen LogP contribution >= 0.6 is 0 Å². The number of esters is 1. The number of carbonyl (C=O) groups is 1. The predicted molar refractivity (Wildman–Crippen MR) is 65.8 cm³/mol. The van der Waals surface area contributed by atoms with Gasteiger partial charge in [0.25, 0.3) is 0 Å². The fraction of sp³-hybridized carbons (Fsp3) is 0.462. The van der Waals surface area contributed by atoms with Crippen LogP contribution in [0.1, 0.15) is 25.5 Å². The highest BCUT2D eigenvalue weighted by Crippen LogP contribution is 2.30. The summed E-state index contributed by atoms with van der Waals surface area (Å²) in [5.41, 5.74) is 0.718. The van der Waals surface area contributed by atoms with Gasteiger partial charge in [-0.05, 0) is 31.5 Å². The van der Waals surface area contributed by atoms with Crippen LogP contribution in [0.25, 0.3) is 0 Å². The maximum atomic E-state index is 11.2. The summed E-state index contributed by atoms with van der Waals surface area (Å²) >= 11 is 0. The third-order valence-corrected chi connectivity index (χ3v) is 2.32. The van der Waals surface area contributed by atoms with Gasteiger partial charge in [0.2, 0.25) is 0 Å². The molecule has 0 fully saturated rings. The van der Waals surface area contributed by atoms with E-state index in [9.17, 15) is 9.90 Å². The van der Waals surface area contributed by atoms with Crippen molar-refractivity contribution in [3.05, 3.63) is 23.8 Å². The van der Waals surface area contributed by atoms with Crippen LogP contribution in [0.15, 0.2) is 18.2 Å². The Morgan fingerprint density at radius 1 is 1.39 bits per heavy atom. The Morgan fingerprint density at radius 3 is 2.67 bits per heavy atom. The topological polar surface area (TPSA) is 65.0 Å². The highest BCUT2D eigenvalue weighted by atomic mass is 16.6. The molecule has 0 spiro atoms. The van der Waals surface area contributed by atoms with Crippen molar-refractivity contribution in [3.63, 3.8) is 0 Å². The van der Waals surface area contributed by atoms with Crippen LogP contribution < -0.4 is 9.47 Å². The maximum Gasteiger partial charge on any atom is 0.344 e. The van der Waals surface area contributed by atoms with Gasteiger partial charge in [0.05, 0.1) is 19.8 Å². The summed E-state index contributed by atoms with van der Waals surface area (Å²) in [6.07, 6.45) is -0.585. The van der Waals surface area contributed by atoms with Crippen LogP contribution in [0.3, 0.4) is 0 Å². The van der Waals surface area contributed by atoms with Crippen LogP contribution in [0.5, 0.6) is 11.5 Å². The van der Waals surface area contributed by atoms with Gasteiger partial charge >= 0.3 is 5.97 Å². The summed E-state index contributed by atoms with van der Waals surface area (Å²) in [4.78, 5) is 11.2. The minimum atomic E-state index is -0.585. The second-order valence-electron chi connectivity index (χ2n) is 3.68. The molecule has 1 aromatic carbocycles. The minimum absolute atomic E-state index is 0.168. The lowest BCUT2D eigenvalue weighted by Crippen LogP contribution is -2.15. The summed E-state index contributed by atoms with van der Waals surface area (Å²) in [5, 5.41) is 9.45. The molecule has 1 N–H and O–H groups in total. The van der Waals surface area contributed by atoms with Gasteiger partial charge in [-0.15, -0.1) is 0 Å². The van der Waals surface area contributed by atoms with Crippen molar-refractivity contribution in [3.8, 4) is 11.5 Å². The molecule has 18 heavy (non-hydrogen) atoms. The van der Waals surface area contributed by atoms with Gasteiger partial charge in [-0.3, -0.25) is 0 Å². The van der Waals surface area contributed by atoms with Gasteiger partial charge in [-0.25, -0.2) is 4.79 Å². The molecule has 0 unspecified atom stereocenters. The van der Waals surface area contributed by atoms with E-state index in [1.54, 1.807) is 32.0 Å². The van der Waals surface area contributed by atoms with Gasteiger partial charge in [-0.2, -0.15) is 0 Å². The minimum Gasteiger partial charge on any atom is -0.493 e. The highest BCUT2D eigenvalue weighted by Gasteiger charge is 2.10. The third-order valence-electron chi connectivity index (χ3n) is 2.32. The second-order valence-corrected chi connectivity index (χ2v) is 3.68. The Bertz CT molecular complexity index is 400. The normalized spacial score (nSPS) is 11.8. The molecule has 0 aliphatic heterocycles. The lowest BCUT2D eigenvalue weighted by Gasteiger charge is -2.12. The van der Waals surface area contributed by atoms with Crippen molar-refractivity contribution in [1.29, 1.82) is 0 Å². The molecule has 0 radical (unpaired) electrons. The molecule has 0 bridgehead atoms. The first-order chi connectivity index (χ1) is 8.58. The lowest BCUT2D eigenvalue weighted by atomic mass is 10.1. The Labute approximate surface area is 106 Å². The number of aliphatic hydroxyl groups is 1. The van der Waals surface area contributed by atoms with Crippen molar-refractivity contribution in [1.82, 2.24) is 0 Å². The van der Waals surface area contributed by atoms with Crippen LogP contribution in [-0.4, -0.2) is 31.4 Å². The molecule has 0 heterocycles. The standard InChI is InChI=1S/C13H18O5/c1-4-17-13(15)8-18-11-6-5-10(9(2)14)7-12(11)16-3/h5-7,9,14H,4,8H2,1-3H3/t9-/m0/s1. The highest BCUT2D eigenvalue weighted by molar-refractivity contribution is 5.71. The average Bonchev–Trinajstić information content (AvgIpc) is 2.36. The maximum absolute atomic E-state index is 11.2. The SMILES string of the molecule is CCOC(=O)COc1ccc([C@H](C)O)cc1OC. The molecule has 5 nitrogen and oxygen atoms in total. The fourth-order valence-corrected chi connectivity index (χ4v) is 1.40. The van der Waals surface area contributed by atoms with Crippen molar-refractivity contribution in [2.75, 3.05) is 20.3 Å². The number of hydrogen-bond acceptors (Lipinski definition) is 5. The zero-order valence-corrected chi connectivity index (χ0v) is 10.8. The van der Waals surface area contributed by atoms with E-state index in [0.717, 1.165) is 5.56 Å². The number of aliphatic hydroxyl groups excluding tert-OH is 1. The molecule has 0 amide bonds. The van der Waals surface area contributed by atoms with Crippen LogP contribution in [0.4, 0.5) is 0 Å². The molecular weight excluding hydrogens is 236 g/mol. The molecule has 1 aromatic rings. The zero-order chi connectivity index (χ0) is 13.5. The third kappa shape index (κ3) is 3.92. The first-order valence-corrected chi connectivity index (χ1v) is 5.73. The van der Waals surface area contributed by atoms with E-state index >= 15 is 0 Å². The van der Waals surface area contributed by atoms with E-state index in [0.29, 0.717) is 18.1 Å². The van der Waals surface area contributed by atoms with Gasteiger partial charge < -0.3 is 19.3 Å².